The minimum absolute atomic E-state index is 0.0117. The number of aliphatic hydroxyl groups is 1. The zero-order valence-corrected chi connectivity index (χ0v) is 12.2. The molecule has 8 heteroatoms. The zero-order valence-electron chi connectivity index (χ0n) is 11.4. The number of nitrogen functional groups attached to an aromatic ring is 1. The second kappa shape index (κ2) is 5.42. The first kappa shape index (κ1) is 16.0. The van der Waals surface area contributed by atoms with Gasteiger partial charge in [-0.3, -0.25) is 0 Å². The van der Waals surface area contributed by atoms with Crippen LogP contribution in [-0.2, 0) is 5.54 Å². The van der Waals surface area contributed by atoms with Crippen molar-refractivity contribution in [1.29, 1.82) is 0 Å². The number of thioether (sulfide) groups is 1. The van der Waals surface area contributed by atoms with E-state index in [0.717, 1.165) is 23.9 Å². The lowest BCUT2D eigenvalue weighted by Gasteiger charge is -2.40. The number of alkyl halides is 1. The minimum atomic E-state index is -1.69. The van der Waals surface area contributed by atoms with Crippen molar-refractivity contribution >= 4 is 22.6 Å². The standard InChI is InChI=1S/C13H16F3N3OS/c1-12(6-20)4-13(5-14,19-11(18)21-12)8-2-7(17)3-9(15)10(8)16/h2-3,20H,4-6,17H2,1H3,(H2,18,19)/t12-,13-/m1/s1. The molecule has 2 atom stereocenters. The second-order valence-corrected chi connectivity index (χ2v) is 6.97. The Balaban J connectivity index is 2.65. The number of aliphatic imine (C=N–C) groups is 1. The van der Waals surface area contributed by atoms with Gasteiger partial charge >= 0.3 is 0 Å². The van der Waals surface area contributed by atoms with E-state index in [4.69, 9.17) is 11.5 Å². The highest BCUT2D eigenvalue weighted by Crippen LogP contribution is 2.46. The molecule has 0 amide bonds. The topological polar surface area (TPSA) is 84.6 Å². The SMILES string of the molecule is C[C@]1(CO)C[C@@](CF)(c2cc(N)cc(F)c2F)N=C(N)S1. The molecule has 1 heterocycles. The number of anilines is 1. The van der Waals surface area contributed by atoms with E-state index in [9.17, 15) is 18.3 Å². The van der Waals surface area contributed by atoms with Gasteiger partial charge in [-0.15, -0.1) is 0 Å². The average Bonchev–Trinajstić information content (AvgIpc) is 2.41. The Kier molecular flexibility index (Phi) is 4.12. The fraction of sp³-hybridized carbons (Fsp3) is 0.462. The Morgan fingerprint density at radius 1 is 1.38 bits per heavy atom. The molecule has 0 saturated heterocycles. The molecule has 5 N–H and O–H groups in total. The Labute approximate surface area is 124 Å². The van der Waals surface area contributed by atoms with Crippen molar-refractivity contribution in [3.63, 3.8) is 0 Å². The number of amidine groups is 1. The van der Waals surface area contributed by atoms with Crippen molar-refractivity contribution < 1.29 is 18.3 Å². The lowest BCUT2D eigenvalue weighted by Crippen LogP contribution is -2.45. The van der Waals surface area contributed by atoms with Crippen molar-refractivity contribution in [1.82, 2.24) is 0 Å². The van der Waals surface area contributed by atoms with Gasteiger partial charge < -0.3 is 16.6 Å². The summed E-state index contributed by atoms with van der Waals surface area (Å²) in [5.74, 6) is -2.37. The van der Waals surface area contributed by atoms with Crippen LogP contribution in [0.25, 0.3) is 0 Å². The van der Waals surface area contributed by atoms with E-state index in [1.807, 2.05) is 0 Å². The van der Waals surface area contributed by atoms with Crippen LogP contribution in [0.3, 0.4) is 0 Å². The highest BCUT2D eigenvalue weighted by molar-refractivity contribution is 8.15. The van der Waals surface area contributed by atoms with E-state index in [1.54, 1.807) is 6.92 Å². The number of halogens is 3. The van der Waals surface area contributed by atoms with E-state index >= 15 is 0 Å². The van der Waals surface area contributed by atoms with Gasteiger partial charge in [-0.2, -0.15) is 0 Å². The molecule has 0 aromatic heterocycles. The van der Waals surface area contributed by atoms with Gasteiger partial charge in [0.2, 0.25) is 0 Å². The maximum absolute atomic E-state index is 14.1. The molecule has 0 bridgehead atoms. The molecule has 0 fully saturated rings. The number of hydrogen-bond donors (Lipinski definition) is 3. The smallest absolute Gasteiger partial charge is 0.164 e. The Hall–Kier alpha value is -1.41. The summed E-state index contributed by atoms with van der Waals surface area (Å²) in [5.41, 5.74) is 9.20. The summed E-state index contributed by atoms with van der Waals surface area (Å²) >= 11 is 1.08. The van der Waals surface area contributed by atoms with Gasteiger partial charge in [0, 0.05) is 16.0 Å². The quantitative estimate of drug-likeness (QED) is 0.743. The van der Waals surface area contributed by atoms with Gasteiger partial charge in [0.1, 0.15) is 12.2 Å². The van der Waals surface area contributed by atoms with Gasteiger partial charge in [-0.05, 0) is 25.5 Å². The van der Waals surface area contributed by atoms with Gasteiger partial charge in [-0.25, -0.2) is 18.2 Å². The third kappa shape index (κ3) is 2.82. The summed E-state index contributed by atoms with van der Waals surface area (Å²) in [5, 5.41) is 9.49. The van der Waals surface area contributed by atoms with E-state index < -0.39 is 28.6 Å². The maximum atomic E-state index is 14.1. The molecule has 0 aliphatic carbocycles. The predicted octanol–water partition coefficient (Wildman–Crippen LogP) is 1.91. The van der Waals surface area contributed by atoms with E-state index in [0.29, 0.717) is 0 Å². The third-order valence-electron chi connectivity index (χ3n) is 3.45. The minimum Gasteiger partial charge on any atom is -0.399 e. The van der Waals surface area contributed by atoms with Gasteiger partial charge in [0.05, 0.1) is 6.61 Å². The molecule has 0 saturated carbocycles. The van der Waals surface area contributed by atoms with Crippen LogP contribution >= 0.6 is 11.8 Å². The molecule has 116 valence electrons. The third-order valence-corrected chi connectivity index (χ3v) is 4.52. The van der Waals surface area contributed by atoms with E-state index in [-0.39, 0.29) is 29.4 Å². The summed E-state index contributed by atoms with van der Waals surface area (Å²) in [7, 11) is 0. The van der Waals surface area contributed by atoms with Crippen LogP contribution in [0.15, 0.2) is 17.1 Å². The summed E-state index contributed by atoms with van der Waals surface area (Å²) in [4.78, 5) is 4.00. The lowest BCUT2D eigenvalue weighted by molar-refractivity contribution is 0.198. The molecule has 0 spiro atoms. The van der Waals surface area contributed by atoms with Crippen LogP contribution in [0.4, 0.5) is 18.9 Å². The molecule has 1 aromatic rings. The first-order valence-electron chi connectivity index (χ1n) is 6.21. The van der Waals surface area contributed by atoms with Crippen LogP contribution < -0.4 is 11.5 Å². The van der Waals surface area contributed by atoms with Crippen LogP contribution in [0.1, 0.15) is 18.9 Å². The van der Waals surface area contributed by atoms with Gasteiger partial charge in [-0.1, -0.05) is 11.8 Å². The Morgan fingerprint density at radius 3 is 2.62 bits per heavy atom. The van der Waals surface area contributed by atoms with Crippen molar-refractivity contribution in [2.24, 2.45) is 10.7 Å². The van der Waals surface area contributed by atoms with Crippen LogP contribution in [0, 0.1) is 11.6 Å². The van der Waals surface area contributed by atoms with E-state index in [1.165, 1.54) is 0 Å². The summed E-state index contributed by atoms with van der Waals surface area (Å²) < 4.78 is 40.6. The van der Waals surface area contributed by atoms with E-state index in [2.05, 4.69) is 4.99 Å². The number of nitrogens with zero attached hydrogens (tertiary/aromatic N) is 1. The second-order valence-electron chi connectivity index (χ2n) is 5.37. The lowest BCUT2D eigenvalue weighted by atomic mass is 9.82. The summed E-state index contributed by atoms with van der Waals surface area (Å²) in [6.45, 7) is 0.274. The van der Waals surface area contributed by atoms with Crippen molar-refractivity contribution in [2.45, 2.75) is 23.6 Å². The number of aliphatic hydroxyl groups excluding tert-OH is 1. The Bertz CT molecular complexity index is 598. The Morgan fingerprint density at radius 2 is 2.05 bits per heavy atom. The first-order valence-corrected chi connectivity index (χ1v) is 7.03. The number of nitrogens with two attached hydrogens (primary N) is 2. The van der Waals surface area contributed by atoms with Crippen LogP contribution in [0.2, 0.25) is 0 Å². The van der Waals surface area contributed by atoms with Crippen LogP contribution in [0.5, 0.6) is 0 Å². The van der Waals surface area contributed by atoms with Crippen molar-refractivity contribution in [2.75, 3.05) is 19.0 Å². The first-order chi connectivity index (χ1) is 9.75. The van der Waals surface area contributed by atoms with Gasteiger partial charge in [0.25, 0.3) is 0 Å². The maximum Gasteiger partial charge on any atom is 0.164 e. The summed E-state index contributed by atoms with van der Waals surface area (Å²) in [6.07, 6.45) is -0.0296. The number of benzene rings is 1. The zero-order chi connectivity index (χ0) is 15.8. The highest BCUT2D eigenvalue weighted by atomic mass is 32.2. The molecular weight excluding hydrogens is 303 g/mol. The molecule has 21 heavy (non-hydrogen) atoms. The fourth-order valence-electron chi connectivity index (χ4n) is 2.52. The monoisotopic (exact) mass is 319 g/mol. The molecule has 2 rings (SSSR count). The molecule has 0 radical (unpaired) electrons. The summed E-state index contributed by atoms with van der Waals surface area (Å²) in [6, 6.07) is 1.98. The van der Waals surface area contributed by atoms with Crippen LogP contribution in [-0.4, -0.2) is 28.3 Å². The average molecular weight is 319 g/mol. The van der Waals surface area contributed by atoms with Crippen molar-refractivity contribution in [3.05, 3.63) is 29.3 Å². The normalized spacial score (nSPS) is 29.3. The molecule has 1 aromatic carbocycles. The molecule has 0 unspecified atom stereocenters. The fourth-order valence-corrected chi connectivity index (χ4v) is 3.62. The predicted molar refractivity (Wildman–Crippen MR) is 77.7 cm³/mol. The van der Waals surface area contributed by atoms with Gasteiger partial charge in [0.15, 0.2) is 16.8 Å². The highest BCUT2D eigenvalue weighted by Gasteiger charge is 2.46. The largest absolute Gasteiger partial charge is 0.399 e. The molecule has 1 aliphatic heterocycles. The number of hydrogen-bond acceptors (Lipinski definition) is 5. The molecule has 1 aliphatic rings. The molecule has 4 nitrogen and oxygen atoms in total. The number of rotatable bonds is 3. The van der Waals surface area contributed by atoms with Crippen molar-refractivity contribution in [3.8, 4) is 0 Å². The molecular formula is C13H16F3N3OS.